The molecular formula is C8H9KN2O3. The second-order valence-electron chi connectivity index (χ2n) is 2.14. The minimum atomic E-state index is -1.11. The third-order valence-corrected chi connectivity index (χ3v) is 1.20. The molecule has 0 bridgehead atoms. The van der Waals surface area contributed by atoms with Gasteiger partial charge in [-0.3, -0.25) is 0 Å². The molecule has 0 aliphatic heterocycles. The summed E-state index contributed by atoms with van der Waals surface area (Å²) in [6.45, 7) is 3.77. The summed E-state index contributed by atoms with van der Waals surface area (Å²) >= 11 is 0. The van der Waals surface area contributed by atoms with Crippen LogP contribution >= 0.6 is 0 Å². The predicted octanol–water partition coefficient (Wildman–Crippen LogP) is 0.0911. The predicted molar refractivity (Wildman–Crippen MR) is 51.8 cm³/mol. The summed E-state index contributed by atoms with van der Waals surface area (Å²) in [4.78, 5) is 17.7. The number of hydrogen-bond donors (Lipinski definition) is 1. The Kier molecular flexibility index (Phi) is 6.94. The van der Waals surface area contributed by atoms with E-state index in [1.165, 1.54) is 6.20 Å². The van der Waals surface area contributed by atoms with Gasteiger partial charge in [-0.05, 0) is 0 Å². The van der Waals surface area contributed by atoms with Crippen molar-refractivity contribution in [1.29, 1.82) is 0 Å². The molecule has 0 saturated heterocycles. The number of aromatic nitrogens is 2. The number of nitrogens with zero attached hydrogens (tertiary/aromatic N) is 2. The van der Waals surface area contributed by atoms with Crippen LogP contribution in [0.4, 0.5) is 0 Å². The van der Waals surface area contributed by atoms with E-state index in [0.717, 1.165) is 6.20 Å². The summed E-state index contributed by atoms with van der Waals surface area (Å²) in [5, 5.41) is 8.49. The number of aromatic carboxylic acids is 1. The summed E-state index contributed by atoms with van der Waals surface area (Å²) < 4.78 is 5.01. The molecule has 0 fully saturated rings. The van der Waals surface area contributed by atoms with E-state index >= 15 is 0 Å². The SMILES string of the molecule is C=CCOc1cnc(C(=O)O)cn1.[KH]. The van der Waals surface area contributed by atoms with Gasteiger partial charge in [0.15, 0.2) is 5.69 Å². The second-order valence-corrected chi connectivity index (χ2v) is 2.14. The van der Waals surface area contributed by atoms with Crippen LogP contribution in [0.5, 0.6) is 5.88 Å². The maximum atomic E-state index is 10.4. The molecule has 0 spiro atoms. The molecule has 0 aliphatic rings. The Morgan fingerprint density at radius 2 is 2.29 bits per heavy atom. The Morgan fingerprint density at radius 3 is 2.71 bits per heavy atom. The number of carboxylic acid groups (broad SMARTS) is 1. The van der Waals surface area contributed by atoms with E-state index in [4.69, 9.17) is 9.84 Å². The summed E-state index contributed by atoms with van der Waals surface area (Å²) in [6, 6.07) is 0. The van der Waals surface area contributed by atoms with Gasteiger partial charge in [0, 0.05) is 0 Å². The van der Waals surface area contributed by atoms with E-state index in [2.05, 4.69) is 16.5 Å². The number of rotatable bonds is 4. The van der Waals surface area contributed by atoms with E-state index in [1.807, 2.05) is 0 Å². The summed E-state index contributed by atoms with van der Waals surface area (Å²) in [5.41, 5.74) is -0.106. The average Bonchev–Trinajstić information content (AvgIpc) is 2.15. The van der Waals surface area contributed by atoms with Crippen LogP contribution in [0.25, 0.3) is 0 Å². The number of hydrogen-bond acceptors (Lipinski definition) is 4. The van der Waals surface area contributed by atoms with Crippen LogP contribution in [0, 0.1) is 0 Å². The molecule has 14 heavy (non-hydrogen) atoms. The Balaban J connectivity index is 0.00000169. The van der Waals surface area contributed by atoms with Gasteiger partial charge in [0.25, 0.3) is 0 Å². The molecule has 5 nitrogen and oxygen atoms in total. The molecule has 0 saturated carbocycles. The van der Waals surface area contributed by atoms with Crippen molar-refractivity contribution in [2.45, 2.75) is 0 Å². The van der Waals surface area contributed by atoms with Crippen LogP contribution in [0.2, 0.25) is 0 Å². The molecule has 1 aromatic rings. The molecule has 0 aromatic carbocycles. The van der Waals surface area contributed by atoms with Crippen molar-refractivity contribution < 1.29 is 14.6 Å². The van der Waals surface area contributed by atoms with Crippen molar-refractivity contribution in [3.8, 4) is 5.88 Å². The van der Waals surface area contributed by atoms with Crippen molar-refractivity contribution in [3.05, 3.63) is 30.7 Å². The molecule has 70 valence electrons. The summed E-state index contributed by atoms with van der Waals surface area (Å²) in [7, 11) is 0. The van der Waals surface area contributed by atoms with Crippen molar-refractivity contribution in [1.82, 2.24) is 9.97 Å². The molecular weight excluding hydrogens is 211 g/mol. The first-order chi connectivity index (χ1) is 6.24. The zero-order chi connectivity index (χ0) is 9.68. The van der Waals surface area contributed by atoms with E-state index < -0.39 is 5.97 Å². The number of ether oxygens (including phenoxy) is 1. The Labute approximate surface area is 124 Å². The first-order valence-corrected chi connectivity index (χ1v) is 3.53. The second kappa shape index (κ2) is 7.08. The van der Waals surface area contributed by atoms with Crippen LogP contribution in [0.1, 0.15) is 10.5 Å². The fourth-order valence-corrected chi connectivity index (χ4v) is 0.645. The molecule has 1 N–H and O–H groups in total. The monoisotopic (exact) mass is 220 g/mol. The van der Waals surface area contributed by atoms with Crippen LogP contribution in [0.3, 0.4) is 0 Å². The van der Waals surface area contributed by atoms with Gasteiger partial charge in [-0.1, -0.05) is 12.7 Å². The minimum absolute atomic E-state index is 0. The standard InChI is InChI=1S/C8H8N2O3.K.H/c1-2-3-13-7-5-9-6(4-10-7)8(11)12;;/h2,4-5H,1,3H2,(H,11,12);;. The first kappa shape index (κ1) is 13.7. The van der Waals surface area contributed by atoms with Gasteiger partial charge in [-0.2, -0.15) is 0 Å². The third kappa shape index (κ3) is 4.29. The van der Waals surface area contributed by atoms with Gasteiger partial charge in [0.1, 0.15) is 6.61 Å². The maximum absolute atomic E-state index is 10.4. The van der Waals surface area contributed by atoms with Gasteiger partial charge < -0.3 is 9.84 Å². The normalized spacial score (nSPS) is 8.57. The topological polar surface area (TPSA) is 72.3 Å². The zero-order valence-corrected chi connectivity index (χ0v) is 6.80. The molecule has 1 heterocycles. The van der Waals surface area contributed by atoms with E-state index in [9.17, 15) is 4.79 Å². The van der Waals surface area contributed by atoms with Gasteiger partial charge in [-0.25, -0.2) is 14.8 Å². The fourth-order valence-electron chi connectivity index (χ4n) is 0.645. The van der Waals surface area contributed by atoms with Gasteiger partial charge in [0.05, 0.1) is 12.4 Å². The van der Waals surface area contributed by atoms with Crippen LogP contribution in [-0.2, 0) is 0 Å². The Bertz CT molecular complexity index is 313. The summed E-state index contributed by atoms with van der Waals surface area (Å²) in [6.07, 6.45) is 3.96. The van der Waals surface area contributed by atoms with Crippen molar-refractivity contribution in [3.63, 3.8) is 0 Å². The quantitative estimate of drug-likeness (QED) is 0.575. The van der Waals surface area contributed by atoms with Gasteiger partial charge in [0.2, 0.25) is 5.88 Å². The van der Waals surface area contributed by atoms with E-state index in [0.29, 0.717) is 6.61 Å². The van der Waals surface area contributed by atoms with Crippen LogP contribution in [-0.4, -0.2) is 79.0 Å². The zero-order valence-electron chi connectivity index (χ0n) is 6.80. The molecule has 6 heteroatoms. The number of carbonyl (C=O) groups is 1. The first-order valence-electron chi connectivity index (χ1n) is 3.53. The Hall–Kier alpha value is -0.274. The van der Waals surface area contributed by atoms with Crippen molar-refractivity contribution >= 4 is 57.4 Å². The van der Waals surface area contributed by atoms with Crippen molar-refractivity contribution in [2.75, 3.05) is 6.61 Å². The fraction of sp³-hybridized carbons (Fsp3) is 0.125. The van der Waals surface area contributed by atoms with Gasteiger partial charge in [-0.15, -0.1) is 0 Å². The average molecular weight is 220 g/mol. The molecule has 1 aromatic heterocycles. The molecule has 0 unspecified atom stereocenters. The number of carboxylic acids is 1. The van der Waals surface area contributed by atoms with E-state index in [-0.39, 0.29) is 63.0 Å². The van der Waals surface area contributed by atoms with Crippen molar-refractivity contribution in [2.24, 2.45) is 0 Å². The van der Waals surface area contributed by atoms with Crippen LogP contribution < -0.4 is 4.74 Å². The van der Waals surface area contributed by atoms with Crippen LogP contribution in [0.15, 0.2) is 25.0 Å². The van der Waals surface area contributed by atoms with E-state index in [1.54, 1.807) is 6.08 Å². The molecule has 0 radical (unpaired) electrons. The molecule has 1 rings (SSSR count). The van der Waals surface area contributed by atoms with Gasteiger partial charge >= 0.3 is 57.4 Å². The summed E-state index contributed by atoms with van der Waals surface area (Å²) in [5.74, 6) is -0.826. The molecule has 0 atom stereocenters. The molecule has 0 amide bonds. The molecule has 0 aliphatic carbocycles. The third-order valence-electron chi connectivity index (χ3n) is 1.20. The Morgan fingerprint density at radius 1 is 1.57 bits per heavy atom.